The number of hydrogen-bond donors (Lipinski definition) is 4. The molecule has 3 aromatic carbocycles. The van der Waals surface area contributed by atoms with E-state index in [1.807, 2.05) is 6.07 Å². The van der Waals surface area contributed by atoms with Crippen molar-refractivity contribution in [2.45, 2.75) is 32.0 Å². The lowest BCUT2D eigenvalue weighted by Crippen LogP contribution is -2.29. The van der Waals surface area contributed by atoms with Crippen LogP contribution < -0.4 is 16.4 Å². The van der Waals surface area contributed by atoms with E-state index in [1.54, 1.807) is 61.5 Å². The van der Waals surface area contributed by atoms with Gasteiger partial charge in [-0.05, 0) is 79.9 Å². The Kier molecular flexibility index (Phi) is 10.4. The average molecular weight is 533 g/mol. The maximum atomic E-state index is 14.2. The Morgan fingerprint density at radius 2 is 1.87 bits per heavy atom. The topological polar surface area (TPSA) is 147 Å². The van der Waals surface area contributed by atoms with Gasteiger partial charge in [0.15, 0.2) is 17.7 Å². The molecule has 0 aliphatic rings. The van der Waals surface area contributed by atoms with Gasteiger partial charge in [0.25, 0.3) is 0 Å². The van der Waals surface area contributed by atoms with Gasteiger partial charge in [-0.3, -0.25) is 10.1 Å². The maximum absolute atomic E-state index is 14.2. The zero-order chi connectivity index (χ0) is 28.2. The number of nitrogens with two attached hydrogens (primary N) is 1. The van der Waals surface area contributed by atoms with Crippen molar-refractivity contribution in [3.05, 3.63) is 95.8 Å². The molecule has 0 unspecified atom stereocenters. The number of carbonyl (C=O) groups is 2. The number of phenols is 1. The highest BCUT2D eigenvalue weighted by atomic mass is 19.1. The number of nitrogens with zero attached hydrogens (tertiary/aromatic N) is 1. The Balaban J connectivity index is 1.72. The quantitative estimate of drug-likeness (QED) is 0.184. The third-order valence-corrected chi connectivity index (χ3v) is 5.62. The Morgan fingerprint density at radius 3 is 2.54 bits per heavy atom. The van der Waals surface area contributed by atoms with E-state index in [0.29, 0.717) is 35.5 Å². The molecule has 0 fully saturated rings. The molecule has 2 atom stereocenters. The second kappa shape index (κ2) is 14.2. The minimum absolute atomic E-state index is 0.278. The van der Waals surface area contributed by atoms with Gasteiger partial charge in [-0.15, -0.1) is 0 Å². The molecule has 0 saturated heterocycles. The molecule has 202 valence electrons. The van der Waals surface area contributed by atoms with Crippen molar-refractivity contribution in [2.24, 2.45) is 0 Å². The van der Waals surface area contributed by atoms with Crippen molar-refractivity contribution < 1.29 is 28.6 Å². The Labute approximate surface area is 225 Å². The van der Waals surface area contributed by atoms with Crippen LogP contribution in [-0.4, -0.2) is 29.8 Å². The van der Waals surface area contributed by atoms with Gasteiger partial charge in [0.2, 0.25) is 5.91 Å². The summed E-state index contributed by atoms with van der Waals surface area (Å²) in [4.78, 5) is 25.0. The lowest BCUT2D eigenvalue weighted by molar-refractivity contribution is -0.111. The van der Waals surface area contributed by atoms with E-state index in [4.69, 9.17) is 20.5 Å². The van der Waals surface area contributed by atoms with Crippen LogP contribution in [0.2, 0.25) is 0 Å². The summed E-state index contributed by atoms with van der Waals surface area (Å²) in [5.74, 6) is -1.78. The molecular weight excluding hydrogens is 503 g/mol. The normalized spacial score (nSPS) is 12.3. The largest absolute Gasteiger partial charge is 0.505 e. The number of hydrogen-bond acceptors (Lipinski definition) is 7. The number of carbonyl (C=O) groups excluding carboxylic acids is 2. The van der Waals surface area contributed by atoms with Crippen molar-refractivity contribution in [3.8, 4) is 11.8 Å². The zero-order valence-electron chi connectivity index (χ0n) is 21.3. The number of allylic oxidation sites excluding steroid dienone is 1. The summed E-state index contributed by atoms with van der Waals surface area (Å²) in [7, 11) is 0. The number of ether oxygens (including phenoxy) is 2. The molecular formula is C29H29FN4O5. The first kappa shape index (κ1) is 28.7. The number of nitrogens with one attached hydrogen (secondary N) is 2. The number of nitrogen functional groups attached to an aromatic ring is 1. The summed E-state index contributed by atoms with van der Waals surface area (Å²) in [6.07, 6.45) is 1.14. The third kappa shape index (κ3) is 8.59. The monoisotopic (exact) mass is 532 g/mol. The fourth-order valence-electron chi connectivity index (χ4n) is 3.72. The number of anilines is 3. The van der Waals surface area contributed by atoms with Crippen molar-refractivity contribution in [1.29, 1.82) is 5.26 Å². The van der Waals surface area contributed by atoms with Gasteiger partial charge in [0, 0.05) is 12.3 Å². The smallest absolute Gasteiger partial charge is 0.412 e. The van der Waals surface area contributed by atoms with Crippen LogP contribution in [-0.2, 0) is 14.3 Å². The van der Waals surface area contributed by atoms with Crippen molar-refractivity contribution in [2.75, 3.05) is 23.0 Å². The fourth-order valence-corrected chi connectivity index (χ4v) is 3.72. The molecule has 39 heavy (non-hydrogen) atoms. The molecule has 3 aromatic rings. The zero-order valence-corrected chi connectivity index (χ0v) is 21.3. The molecule has 0 spiro atoms. The van der Waals surface area contributed by atoms with Crippen molar-refractivity contribution in [1.82, 2.24) is 0 Å². The number of halogens is 1. The van der Waals surface area contributed by atoms with Gasteiger partial charge >= 0.3 is 6.09 Å². The number of amides is 2. The molecule has 10 heteroatoms. The van der Waals surface area contributed by atoms with E-state index >= 15 is 0 Å². The number of benzene rings is 3. The molecule has 3 rings (SSSR count). The van der Waals surface area contributed by atoms with Gasteiger partial charge in [-0.1, -0.05) is 24.3 Å². The number of aromatic hydroxyl groups is 1. The lowest BCUT2D eigenvalue weighted by atomic mass is 9.99. The first-order chi connectivity index (χ1) is 18.8. The molecule has 0 radical (unpaired) electrons. The molecule has 0 heterocycles. The van der Waals surface area contributed by atoms with Crippen LogP contribution in [0.25, 0.3) is 0 Å². The minimum Gasteiger partial charge on any atom is -0.505 e. The van der Waals surface area contributed by atoms with E-state index < -0.39 is 29.9 Å². The third-order valence-electron chi connectivity index (χ3n) is 5.62. The van der Waals surface area contributed by atoms with Crippen LogP contribution in [0, 0.1) is 17.1 Å². The van der Waals surface area contributed by atoms with Crippen LogP contribution in [0.5, 0.6) is 5.75 Å². The summed E-state index contributed by atoms with van der Waals surface area (Å²) < 4.78 is 25.7. The van der Waals surface area contributed by atoms with Crippen LogP contribution >= 0.6 is 0 Å². The number of para-hydroxylation sites is 2. The highest BCUT2D eigenvalue weighted by Crippen LogP contribution is 2.30. The van der Waals surface area contributed by atoms with Gasteiger partial charge in [0.05, 0.1) is 29.1 Å². The maximum Gasteiger partial charge on any atom is 0.412 e. The van der Waals surface area contributed by atoms with E-state index in [1.165, 1.54) is 18.2 Å². The highest BCUT2D eigenvalue weighted by Gasteiger charge is 2.28. The van der Waals surface area contributed by atoms with Crippen LogP contribution in [0.1, 0.15) is 37.0 Å². The fraction of sp³-hybridized carbons (Fsp3) is 0.207. The van der Waals surface area contributed by atoms with Crippen molar-refractivity contribution in [3.63, 3.8) is 0 Å². The number of phenolic OH excluding ortho intramolecular Hbond substituents is 1. The Morgan fingerprint density at radius 1 is 1.13 bits per heavy atom. The van der Waals surface area contributed by atoms with Crippen LogP contribution in [0.4, 0.5) is 26.2 Å². The number of rotatable bonds is 11. The highest BCUT2D eigenvalue weighted by molar-refractivity contribution is 6.01. The molecule has 5 N–H and O–H groups in total. The van der Waals surface area contributed by atoms with Crippen molar-refractivity contribution >= 4 is 29.1 Å². The van der Waals surface area contributed by atoms with E-state index in [9.17, 15) is 19.1 Å². The molecule has 0 aliphatic carbocycles. The van der Waals surface area contributed by atoms with Crippen LogP contribution in [0.15, 0.2) is 78.9 Å². The Bertz CT molecular complexity index is 1350. The summed E-state index contributed by atoms with van der Waals surface area (Å²) in [5, 5.41) is 23.9. The molecule has 0 aliphatic heterocycles. The minimum atomic E-state index is -1.04. The summed E-state index contributed by atoms with van der Waals surface area (Å²) in [6, 6.07) is 18.7. The SMILES string of the molecule is CCO[C@@H](CC/C=C/C(=O)Nc1ccccc1N)[C@@H](OC(=O)Nc1ccc(C#N)cc1)c1ccc(O)c(F)c1. The number of nitriles is 1. The van der Waals surface area contributed by atoms with Crippen LogP contribution in [0.3, 0.4) is 0 Å². The van der Waals surface area contributed by atoms with Gasteiger partial charge < -0.3 is 25.6 Å². The van der Waals surface area contributed by atoms with E-state index in [-0.39, 0.29) is 18.1 Å². The van der Waals surface area contributed by atoms with E-state index in [2.05, 4.69) is 10.6 Å². The predicted octanol–water partition coefficient (Wildman–Crippen LogP) is 5.66. The second-order valence-electron chi connectivity index (χ2n) is 8.40. The Hall–Kier alpha value is -4.88. The standard InChI is InChI=1S/C29H29FN4O5/c1-2-38-26(9-5-6-10-27(36)34-24-8-4-3-7-23(24)32)28(20-13-16-25(35)22(30)17-20)39-29(37)33-21-14-11-19(18-31)12-15-21/h3-4,6-8,10-17,26,28,35H,2,5,9,32H2,1H3,(H,33,37)(H,34,36)/b10-6+/t26-,28-/m0/s1. The predicted molar refractivity (Wildman–Crippen MR) is 145 cm³/mol. The first-order valence-corrected chi connectivity index (χ1v) is 12.2. The lowest BCUT2D eigenvalue weighted by Gasteiger charge is -2.27. The molecule has 9 nitrogen and oxygen atoms in total. The average Bonchev–Trinajstić information content (AvgIpc) is 2.92. The van der Waals surface area contributed by atoms with Gasteiger partial charge in [-0.25, -0.2) is 9.18 Å². The molecule has 0 bridgehead atoms. The summed E-state index contributed by atoms with van der Waals surface area (Å²) >= 11 is 0. The van der Waals surface area contributed by atoms with E-state index in [0.717, 1.165) is 6.07 Å². The van der Waals surface area contributed by atoms with Gasteiger partial charge in [-0.2, -0.15) is 5.26 Å². The molecule has 0 saturated carbocycles. The molecule has 2 amide bonds. The second-order valence-corrected chi connectivity index (χ2v) is 8.40. The molecule has 0 aromatic heterocycles. The summed E-state index contributed by atoms with van der Waals surface area (Å²) in [6.45, 7) is 2.05. The van der Waals surface area contributed by atoms with Gasteiger partial charge in [0.1, 0.15) is 0 Å². The first-order valence-electron chi connectivity index (χ1n) is 12.2. The summed E-state index contributed by atoms with van der Waals surface area (Å²) in [5.41, 5.74) is 7.89.